The minimum Gasteiger partial charge on any atom is -0.496 e. The fraction of sp³-hybridized carbons (Fsp3) is 0.300. The topological polar surface area (TPSA) is 61.5 Å². The van der Waals surface area contributed by atoms with Crippen molar-refractivity contribution in [1.29, 1.82) is 0 Å². The van der Waals surface area contributed by atoms with Gasteiger partial charge in [-0.15, -0.1) is 11.8 Å². The van der Waals surface area contributed by atoms with Crippen LogP contribution in [0.3, 0.4) is 0 Å². The van der Waals surface area contributed by atoms with Gasteiger partial charge in [-0.05, 0) is 18.4 Å². The van der Waals surface area contributed by atoms with Crippen LogP contribution in [0.1, 0.15) is 10.4 Å². The molecular weight excluding hydrogens is 214 g/mol. The second-order valence-electron chi connectivity index (χ2n) is 2.77. The first-order valence-electron chi connectivity index (χ1n) is 4.23. The summed E-state index contributed by atoms with van der Waals surface area (Å²) in [5, 5.41) is 0. The highest BCUT2D eigenvalue weighted by atomic mass is 32.2. The maximum atomic E-state index is 11.1. The molecule has 0 aliphatic carbocycles. The van der Waals surface area contributed by atoms with Gasteiger partial charge in [0.1, 0.15) is 11.5 Å². The Morgan fingerprint density at radius 1 is 1.27 bits per heavy atom. The van der Waals surface area contributed by atoms with E-state index in [4.69, 9.17) is 15.2 Å². The third kappa shape index (κ3) is 2.36. The van der Waals surface area contributed by atoms with Crippen LogP contribution in [0.5, 0.6) is 11.5 Å². The van der Waals surface area contributed by atoms with E-state index in [1.807, 2.05) is 6.26 Å². The van der Waals surface area contributed by atoms with Crippen LogP contribution in [0.25, 0.3) is 0 Å². The zero-order chi connectivity index (χ0) is 11.4. The fourth-order valence-corrected chi connectivity index (χ4v) is 1.79. The Hall–Kier alpha value is -1.36. The van der Waals surface area contributed by atoms with Gasteiger partial charge in [0.2, 0.25) is 0 Å². The minimum atomic E-state index is -0.530. The van der Waals surface area contributed by atoms with Crippen LogP contribution in [-0.4, -0.2) is 26.4 Å². The standard InChI is InChI=1S/C10H13NO3S/c1-13-7-5-9(15-3)8(14-2)4-6(7)10(11)12/h4-5H,1-3H3,(H2,11,12). The van der Waals surface area contributed by atoms with Gasteiger partial charge in [-0.3, -0.25) is 4.79 Å². The summed E-state index contributed by atoms with van der Waals surface area (Å²) in [6.07, 6.45) is 1.92. The molecule has 0 saturated heterocycles. The van der Waals surface area contributed by atoms with Crippen molar-refractivity contribution in [2.45, 2.75) is 4.90 Å². The molecule has 0 bridgehead atoms. The monoisotopic (exact) mass is 227 g/mol. The zero-order valence-corrected chi connectivity index (χ0v) is 9.68. The van der Waals surface area contributed by atoms with E-state index >= 15 is 0 Å². The van der Waals surface area contributed by atoms with Gasteiger partial charge < -0.3 is 15.2 Å². The summed E-state index contributed by atoms with van der Waals surface area (Å²) in [7, 11) is 3.05. The van der Waals surface area contributed by atoms with Gasteiger partial charge in [0.15, 0.2) is 0 Å². The molecule has 82 valence electrons. The number of amides is 1. The second-order valence-corrected chi connectivity index (χ2v) is 3.62. The Morgan fingerprint density at radius 3 is 2.27 bits per heavy atom. The van der Waals surface area contributed by atoms with Crippen LogP contribution < -0.4 is 15.2 Å². The van der Waals surface area contributed by atoms with Crippen LogP contribution in [0.15, 0.2) is 17.0 Å². The predicted octanol–water partition coefficient (Wildman–Crippen LogP) is 1.52. The number of carbonyl (C=O) groups excluding carboxylic acids is 1. The smallest absolute Gasteiger partial charge is 0.252 e. The van der Waals surface area contributed by atoms with Crippen LogP contribution in [0.2, 0.25) is 0 Å². The molecule has 0 spiro atoms. The summed E-state index contributed by atoms with van der Waals surface area (Å²) in [6, 6.07) is 3.33. The van der Waals surface area contributed by atoms with Crippen molar-refractivity contribution < 1.29 is 14.3 Å². The summed E-state index contributed by atoms with van der Waals surface area (Å²) >= 11 is 1.51. The maximum Gasteiger partial charge on any atom is 0.252 e. The number of ether oxygens (including phenoxy) is 2. The molecule has 0 aromatic heterocycles. The predicted molar refractivity (Wildman–Crippen MR) is 59.8 cm³/mol. The second kappa shape index (κ2) is 4.93. The summed E-state index contributed by atoms with van der Waals surface area (Å²) in [4.78, 5) is 12.0. The normalized spacial score (nSPS) is 9.80. The van der Waals surface area contributed by atoms with Gasteiger partial charge in [-0.1, -0.05) is 0 Å². The Labute approximate surface area is 92.7 Å². The lowest BCUT2D eigenvalue weighted by atomic mass is 10.2. The molecular formula is C10H13NO3S. The van der Waals surface area contributed by atoms with Crippen LogP contribution >= 0.6 is 11.8 Å². The van der Waals surface area contributed by atoms with Crippen molar-refractivity contribution >= 4 is 17.7 Å². The first-order valence-corrected chi connectivity index (χ1v) is 5.46. The fourth-order valence-electron chi connectivity index (χ4n) is 1.22. The van der Waals surface area contributed by atoms with Gasteiger partial charge in [-0.2, -0.15) is 0 Å². The summed E-state index contributed by atoms with van der Waals surface area (Å²) in [5.41, 5.74) is 5.55. The molecule has 1 aromatic rings. The number of carbonyl (C=O) groups is 1. The van der Waals surface area contributed by atoms with E-state index in [0.29, 0.717) is 17.1 Å². The molecule has 5 heteroatoms. The van der Waals surface area contributed by atoms with E-state index in [9.17, 15) is 4.79 Å². The van der Waals surface area contributed by atoms with Gasteiger partial charge in [0.25, 0.3) is 5.91 Å². The molecule has 0 aliphatic heterocycles. The largest absolute Gasteiger partial charge is 0.496 e. The highest BCUT2D eigenvalue weighted by Gasteiger charge is 2.14. The van der Waals surface area contributed by atoms with Crippen LogP contribution in [-0.2, 0) is 0 Å². The molecule has 4 nitrogen and oxygen atoms in total. The summed E-state index contributed by atoms with van der Waals surface area (Å²) < 4.78 is 10.2. The van der Waals surface area contributed by atoms with Gasteiger partial charge in [0, 0.05) is 0 Å². The van der Waals surface area contributed by atoms with Crippen molar-refractivity contribution in [2.75, 3.05) is 20.5 Å². The Balaban J connectivity index is 3.34. The van der Waals surface area contributed by atoms with Crippen LogP contribution in [0, 0.1) is 0 Å². The van der Waals surface area contributed by atoms with Crippen LogP contribution in [0.4, 0.5) is 0 Å². The molecule has 1 amide bonds. The third-order valence-corrected chi connectivity index (χ3v) is 2.73. The Morgan fingerprint density at radius 2 is 1.87 bits per heavy atom. The first kappa shape index (κ1) is 11.7. The lowest BCUT2D eigenvalue weighted by molar-refractivity contribution is 0.0997. The lowest BCUT2D eigenvalue weighted by Gasteiger charge is -2.11. The number of rotatable bonds is 4. The molecule has 0 saturated carbocycles. The number of benzene rings is 1. The minimum absolute atomic E-state index is 0.326. The number of primary amides is 1. The van der Waals surface area contributed by atoms with Crippen molar-refractivity contribution in [3.63, 3.8) is 0 Å². The van der Waals surface area contributed by atoms with Crippen molar-refractivity contribution in [3.05, 3.63) is 17.7 Å². The quantitative estimate of drug-likeness (QED) is 0.792. The summed E-state index contributed by atoms with van der Waals surface area (Å²) in [6.45, 7) is 0. The van der Waals surface area contributed by atoms with Gasteiger partial charge in [0.05, 0.1) is 24.7 Å². The molecule has 0 aliphatic rings. The van der Waals surface area contributed by atoms with Crippen molar-refractivity contribution in [3.8, 4) is 11.5 Å². The Bertz CT molecular complexity index is 379. The van der Waals surface area contributed by atoms with Crippen molar-refractivity contribution in [2.24, 2.45) is 5.73 Å². The molecule has 1 rings (SSSR count). The van der Waals surface area contributed by atoms with E-state index < -0.39 is 5.91 Å². The van der Waals surface area contributed by atoms with E-state index in [1.165, 1.54) is 18.9 Å². The lowest BCUT2D eigenvalue weighted by Crippen LogP contribution is -2.12. The summed E-state index contributed by atoms with van der Waals surface area (Å²) in [5.74, 6) is 0.558. The van der Waals surface area contributed by atoms with E-state index in [0.717, 1.165) is 4.90 Å². The molecule has 0 fully saturated rings. The molecule has 0 unspecified atom stereocenters. The third-order valence-electron chi connectivity index (χ3n) is 1.97. The molecule has 0 heterocycles. The van der Waals surface area contributed by atoms with Gasteiger partial charge >= 0.3 is 0 Å². The molecule has 0 radical (unpaired) electrons. The number of methoxy groups -OCH3 is 2. The average molecular weight is 227 g/mol. The number of nitrogens with two attached hydrogens (primary N) is 1. The number of hydrogen-bond acceptors (Lipinski definition) is 4. The SMILES string of the molecule is COc1cc(C(N)=O)c(OC)cc1SC. The number of thioether (sulfide) groups is 1. The van der Waals surface area contributed by atoms with E-state index in [1.54, 1.807) is 19.2 Å². The van der Waals surface area contributed by atoms with Crippen molar-refractivity contribution in [1.82, 2.24) is 0 Å². The Kier molecular flexibility index (Phi) is 3.85. The van der Waals surface area contributed by atoms with E-state index in [-0.39, 0.29) is 0 Å². The molecule has 2 N–H and O–H groups in total. The molecule has 0 atom stereocenters. The highest BCUT2D eigenvalue weighted by molar-refractivity contribution is 7.98. The maximum absolute atomic E-state index is 11.1. The zero-order valence-electron chi connectivity index (χ0n) is 8.87. The highest BCUT2D eigenvalue weighted by Crippen LogP contribution is 2.34. The van der Waals surface area contributed by atoms with Gasteiger partial charge in [-0.25, -0.2) is 0 Å². The molecule has 1 aromatic carbocycles. The average Bonchev–Trinajstić information content (AvgIpc) is 2.26. The van der Waals surface area contributed by atoms with E-state index in [2.05, 4.69) is 0 Å². The molecule has 15 heavy (non-hydrogen) atoms. The number of hydrogen-bond donors (Lipinski definition) is 1. The first-order chi connectivity index (χ1) is 7.13.